The number of hydrogen-bond donors (Lipinski definition) is 13. The SMILES string of the molecule is CCCOP(=O)(O)OCCCCC(=O)NCC(CNC(=O)CCCCOP(=O)(O)OCCC)OP(=O)(O)OCCCCC(=O)NCC(CNC(=O)CCCCOP(=O)(O)OC(CNC(=O)CCCCOP(=O)(O)OCCC)CNC(=O)CCCCOP(=O)(O)OCCC)OP(=O)(O)OC. The van der Waals surface area contributed by atoms with Gasteiger partial charge in [0, 0.05) is 84.9 Å². The first-order chi connectivity index (χ1) is 46.5. The van der Waals surface area contributed by atoms with Crippen LogP contribution in [0.3, 0.4) is 0 Å². The molecule has 6 amide bonds. The van der Waals surface area contributed by atoms with Crippen LogP contribution in [0.1, 0.15) is 169 Å². The second-order valence-corrected chi connectivity index (χ2v) is 31.7. The minimum atomic E-state index is -4.91. The van der Waals surface area contributed by atoms with Crippen molar-refractivity contribution in [3.63, 3.8) is 0 Å². The molecule has 0 fully saturated rings. The summed E-state index contributed by atoms with van der Waals surface area (Å²) in [4.78, 5) is 146. The normalized spacial score (nSPS) is 16.9. The summed E-state index contributed by atoms with van der Waals surface area (Å²) in [7, 11) is -30.6. The van der Waals surface area contributed by atoms with Gasteiger partial charge in [0.25, 0.3) is 0 Å². The van der Waals surface area contributed by atoms with Crippen molar-refractivity contribution in [2.45, 2.75) is 187 Å². The number of carbonyl (C=O) groups is 6. The monoisotopic (exact) mass is 1580 g/mol. The Labute approximate surface area is 578 Å². The first-order valence-electron chi connectivity index (χ1n) is 32.5. The summed E-state index contributed by atoms with van der Waals surface area (Å²) in [6, 6.07) is 0. The van der Waals surface area contributed by atoms with Crippen molar-refractivity contribution in [2.75, 3.05) is 112 Å². The largest absolute Gasteiger partial charge is 0.472 e. The third-order valence-corrected chi connectivity index (χ3v) is 19.6. The summed E-state index contributed by atoms with van der Waals surface area (Å²) in [5, 5.41) is 15.0. The van der Waals surface area contributed by atoms with Gasteiger partial charge in [-0.25, -0.2) is 32.0 Å². The zero-order valence-corrected chi connectivity index (χ0v) is 63.1. The van der Waals surface area contributed by atoms with Crippen LogP contribution in [0.2, 0.25) is 0 Å². The van der Waals surface area contributed by atoms with Crippen molar-refractivity contribution in [3.8, 4) is 0 Å². The molecule has 7 unspecified atom stereocenters. The molecule has 0 aromatic carbocycles. The highest BCUT2D eigenvalue weighted by Crippen LogP contribution is 2.48. The van der Waals surface area contributed by atoms with Gasteiger partial charge in [-0.2, -0.15) is 0 Å². The number of unbranched alkanes of at least 4 members (excludes halogenated alkanes) is 6. The number of nitrogens with one attached hydrogen (secondary N) is 6. The predicted molar refractivity (Wildman–Crippen MR) is 352 cm³/mol. The van der Waals surface area contributed by atoms with Crippen LogP contribution in [0.4, 0.5) is 0 Å². The second-order valence-electron chi connectivity index (χ2n) is 21.5. The molecular weight excluding hydrogens is 1470 g/mol. The Hall–Kier alpha value is -2.41. The zero-order valence-electron chi connectivity index (χ0n) is 56.9. The van der Waals surface area contributed by atoms with E-state index in [4.69, 9.17) is 58.8 Å². The smallest absolute Gasteiger partial charge is 0.353 e. The quantitative estimate of drug-likeness (QED) is 0.0245. The van der Waals surface area contributed by atoms with E-state index in [1.165, 1.54) is 0 Å². The number of phosphoric ester groups is 7. The molecule has 584 valence electrons. The van der Waals surface area contributed by atoms with Crippen molar-refractivity contribution >= 4 is 90.2 Å². The van der Waals surface area contributed by atoms with Crippen LogP contribution < -0.4 is 31.9 Å². The molecule has 0 bridgehead atoms. The van der Waals surface area contributed by atoms with Crippen LogP contribution in [0.5, 0.6) is 0 Å². The van der Waals surface area contributed by atoms with Gasteiger partial charge in [0.2, 0.25) is 35.4 Å². The summed E-state index contributed by atoms with van der Waals surface area (Å²) in [5.74, 6) is -3.43. The van der Waals surface area contributed by atoms with E-state index in [1.54, 1.807) is 27.7 Å². The van der Waals surface area contributed by atoms with E-state index in [2.05, 4.69) is 36.4 Å². The predicted octanol–water partition coefficient (Wildman–Crippen LogP) is 6.02. The molecular formula is C52H107N6O34P7. The van der Waals surface area contributed by atoms with Crippen LogP contribution in [0.15, 0.2) is 0 Å². The topological polar surface area (TPSA) is 565 Å². The molecule has 99 heavy (non-hydrogen) atoms. The molecule has 47 heteroatoms. The fraction of sp³-hybridized carbons (Fsp3) is 0.885. The lowest BCUT2D eigenvalue weighted by Gasteiger charge is -2.22. The summed E-state index contributed by atoms with van der Waals surface area (Å²) in [5.41, 5.74) is 0. The average molecular weight is 1580 g/mol. The first kappa shape index (κ1) is 96.6. The Morgan fingerprint density at radius 3 is 0.596 bits per heavy atom. The van der Waals surface area contributed by atoms with Gasteiger partial charge in [-0.1, -0.05) is 27.7 Å². The van der Waals surface area contributed by atoms with E-state index >= 15 is 0 Å². The molecule has 0 rings (SSSR count). The number of hydrogen-bond acceptors (Lipinski definition) is 27. The number of carbonyl (C=O) groups excluding carboxylic acids is 6. The van der Waals surface area contributed by atoms with E-state index in [1.807, 2.05) is 0 Å². The molecule has 0 aromatic heterocycles. The van der Waals surface area contributed by atoms with E-state index in [0.717, 1.165) is 7.11 Å². The lowest BCUT2D eigenvalue weighted by molar-refractivity contribution is -0.123. The van der Waals surface area contributed by atoms with Crippen LogP contribution >= 0.6 is 54.8 Å². The van der Waals surface area contributed by atoms with E-state index < -0.39 is 161 Å². The van der Waals surface area contributed by atoms with Crippen molar-refractivity contribution in [1.82, 2.24) is 31.9 Å². The summed E-state index contributed by atoms with van der Waals surface area (Å²) in [6.07, 6.45) is -1.16. The van der Waals surface area contributed by atoms with Gasteiger partial charge in [-0.15, -0.1) is 0 Å². The van der Waals surface area contributed by atoms with Crippen molar-refractivity contribution in [3.05, 3.63) is 0 Å². The Morgan fingerprint density at radius 2 is 0.424 bits per heavy atom. The highest BCUT2D eigenvalue weighted by Gasteiger charge is 2.31. The number of amides is 6. The maximum Gasteiger partial charge on any atom is 0.472 e. The fourth-order valence-electron chi connectivity index (χ4n) is 7.39. The maximum absolute atomic E-state index is 13.1. The molecule has 13 N–H and O–H groups in total. The maximum atomic E-state index is 13.1. The standard InChI is InChI=1S/C52H107N6O34P7/c1-6-28-80-94(67,68)84-32-16-10-22-49(61)55-40-45(41-56-50(62)23-11-17-33-85-95(69,70)81-29-7-2)91-98(75,76)88-36-20-14-26-47(59)53-38-44(90-93(65,66)79-5)39-54-48(60)27-15-21-37-89-99(77,78)92-46(42-57-51(63)24-12-18-34-86-96(71,72)82-30-8-3)43-58-52(64)25-13-19-35-87-97(73,74)83-31-9-4/h44-46H,6-43H2,1-5H3,(H,53,59)(H,54,60)(H,55,61)(H,56,62)(H,57,63)(H,58,64)(H,65,66)(H,67,68)(H,69,70)(H,71,72)(H,73,74)(H,75,76)(H,77,78). The van der Waals surface area contributed by atoms with Crippen molar-refractivity contribution in [2.24, 2.45) is 0 Å². The van der Waals surface area contributed by atoms with Crippen LogP contribution in [0, 0.1) is 0 Å². The number of phosphoric acid groups is 7. The lowest BCUT2D eigenvalue weighted by Crippen LogP contribution is -2.41. The minimum absolute atomic E-state index is 0.00507. The highest BCUT2D eigenvalue weighted by atomic mass is 31.2. The molecule has 40 nitrogen and oxygen atoms in total. The van der Waals surface area contributed by atoms with E-state index in [-0.39, 0.29) is 168 Å². The summed E-state index contributed by atoms with van der Waals surface area (Å²) >= 11 is 0. The van der Waals surface area contributed by atoms with Gasteiger partial charge in [-0.05, 0) is 103 Å². The molecule has 0 radical (unpaired) electrons. The van der Waals surface area contributed by atoms with Crippen LogP contribution in [-0.2, 0) is 124 Å². The molecule has 0 saturated carbocycles. The molecule has 0 saturated heterocycles. The Balaban J connectivity index is 5.37. The molecule has 0 aromatic rings. The van der Waals surface area contributed by atoms with Gasteiger partial charge in [0.15, 0.2) is 0 Å². The Bertz CT molecular complexity index is 2390. The van der Waals surface area contributed by atoms with E-state index in [9.17, 15) is 95.0 Å². The van der Waals surface area contributed by atoms with E-state index in [0.29, 0.717) is 25.7 Å². The summed E-state index contributed by atoms with van der Waals surface area (Å²) < 4.78 is 155. The fourth-order valence-corrected chi connectivity index (χ4v) is 13.3. The third-order valence-electron chi connectivity index (χ3n) is 12.4. The van der Waals surface area contributed by atoms with Gasteiger partial charge < -0.3 is 66.2 Å². The molecule has 0 aliphatic carbocycles. The van der Waals surface area contributed by atoms with Gasteiger partial charge >= 0.3 is 54.8 Å². The summed E-state index contributed by atoms with van der Waals surface area (Å²) in [6.45, 7) is 2.91. The highest BCUT2D eigenvalue weighted by molar-refractivity contribution is 7.49. The minimum Gasteiger partial charge on any atom is -0.353 e. The van der Waals surface area contributed by atoms with Crippen molar-refractivity contribution < 1.29 is 158 Å². The average Bonchev–Trinajstić information content (AvgIpc) is 0.939. The van der Waals surface area contributed by atoms with Gasteiger partial charge in [0.1, 0.15) is 18.3 Å². The molecule has 0 spiro atoms. The molecule has 0 aliphatic rings. The number of rotatable bonds is 67. The van der Waals surface area contributed by atoms with Crippen molar-refractivity contribution in [1.29, 1.82) is 0 Å². The third kappa shape index (κ3) is 58.5. The Kier molecular flexibility index (Phi) is 53.8. The lowest BCUT2D eigenvalue weighted by atomic mass is 10.2. The van der Waals surface area contributed by atoms with Crippen LogP contribution in [-0.4, -0.2) is 200 Å². The zero-order chi connectivity index (χ0) is 74.7. The Morgan fingerprint density at radius 1 is 0.263 bits per heavy atom. The van der Waals surface area contributed by atoms with Gasteiger partial charge in [0.05, 0.1) is 66.1 Å². The molecule has 0 heterocycles. The molecule has 7 atom stereocenters. The van der Waals surface area contributed by atoms with Crippen LogP contribution in [0.25, 0.3) is 0 Å². The second kappa shape index (κ2) is 55.1. The van der Waals surface area contributed by atoms with Gasteiger partial charge in [-0.3, -0.25) is 92.1 Å². The first-order valence-corrected chi connectivity index (χ1v) is 42.9. The molecule has 0 aliphatic heterocycles.